The standard InChI is InChI=1S/C11H22F3NO/c1-9(2)7-10(15)5-3-4-6-16-8-11(12,13)14/h9-10H,3-8,15H2,1-2H3. The summed E-state index contributed by atoms with van der Waals surface area (Å²) in [7, 11) is 0. The Morgan fingerprint density at radius 1 is 1.19 bits per heavy atom. The molecule has 16 heavy (non-hydrogen) atoms. The first-order valence-electron chi connectivity index (χ1n) is 5.71. The molecule has 2 nitrogen and oxygen atoms in total. The van der Waals surface area contributed by atoms with Gasteiger partial charge in [-0.1, -0.05) is 13.8 Å². The summed E-state index contributed by atoms with van der Waals surface area (Å²) in [5, 5.41) is 0. The van der Waals surface area contributed by atoms with E-state index in [0.717, 1.165) is 19.3 Å². The van der Waals surface area contributed by atoms with Crippen molar-refractivity contribution in [2.24, 2.45) is 11.7 Å². The predicted molar refractivity (Wildman–Crippen MR) is 58.2 cm³/mol. The summed E-state index contributed by atoms with van der Waals surface area (Å²) in [6.07, 6.45) is -0.932. The fraction of sp³-hybridized carbons (Fsp3) is 1.00. The van der Waals surface area contributed by atoms with Gasteiger partial charge in [0.2, 0.25) is 0 Å². The van der Waals surface area contributed by atoms with E-state index in [-0.39, 0.29) is 12.6 Å². The molecule has 1 atom stereocenters. The van der Waals surface area contributed by atoms with Crippen molar-refractivity contribution in [1.82, 2.24) is 0 Å². The number of hydrogen-bond donors (Lipinski definition) is 1. The zero-order chi connectivity index (χ0) is 12.6. The van der Waals surface area contributed by atoms with Gasteiger partial charge in [0.25, 0.3) is 0 Å². The molecule has 1 unspecified atom stereocenters. The van der Waals surface area contributed by atoms with Crippen LogP contribution in [-0.2, 0) is 4.74 Å². The minimum Gasteiger partial charge on any atom is -0.372 e. The van der Waals surface area contributed by atoms with Gasteiger partial charge in [-0.05, 0) is 31.6 Å². The van der Waals surface area contributed by atoms with Crippen molar-refractivity contribution in [3.8, 4) is 0 Å². The Kier molecular flexibility index (Phi) is 7.76. The van der Waals surface area contributed by atoms with E-state index in [0.29, 0.717) is 12.3 Å². The third kappa shape index (κ3) is 11.8. The van der Waals surface area contributed by atoms with Gasteiger partial charge in [0.05, 0.1) is 0 Å². The van der Waals surface area contributed by atoms with Crippen LogP contribution in [0.25, 0.3) is 0 Å². The number of hydrogen-bond acceptors (Lipinski definition) is 2. The van der Waals surface area contributed by atoms with E-state index in [4.69, 9.17) is 5.73 Å². The van der Waals surface area contributed by atoms with Crippen LogP contribution in [0.1, 0.15) is 39.5 Å². The van der Waals surface area contributed by atoms with Gasteiger partial charge in [-0.2, -0.15) is 13.2 Å². The fourth-order valence-corrected chi connectivity index (χ4v) is 1.52. The van der Waals surface area contributed by atoms with Crippen LogP contribution in [0.15, 0.2) is 0 Å². The zero-order valence-electron chi connectivity index (χ0n) is 10.0. The normalized spacial score (nSPS) is 14.4. The van der Waals surface area contributed by atoms with Crippen molar-refractivity contribution in [2.75, 3.05) is 13.2 Å². The van der Waals surface area contributed by atoms with Crippen LogP contribution in [0, 0.1) is 5.92 Å². The molecule has 0 aromatic heterocycles. The van der Waals surface area contributed by atoms with Crippen LogP contribution in [0.2, 0.25) is 0 Å². The molecule has 0 aliphatic heterocycles. The largest absolute Gasteiger partial charge is 0.411 e. The summed E-state index contributed by atoms with van der Waals surface area (Å²) in [5.74, 6) is 0.566. The molecule has 2 N–H and O–H groups in total. The molecule has 98 valence electrons. The van der Waals surface area contributed by atoms with Gasteiger partial charge in [-0.3, -0.25) is 0 Å². The van der Waals surface area contributed by atoms with Crippen molar-refractivity contribution < 1.29 is 17.9 Å². The van der Waals surface area contributed by atoms with Crippen LogP contribution >= 0.6 is 0 Å². The molecule has 0 rings (SSSR count). The molecule has 0 fully saturated rings. The van der Waals surface area contributed by atoms with Crippen LogP contribution in [-0.4, -0.2) is 25.4 Å². The SMILES string of the molecule is CC(C)CC(N)CCCCOCC(F)(F)F. The minimum absolute atomic E-state index is 0.155. The van der Waals surface area contributed by atoms with Crippen molar-refractivity contribution in [2.45, 2.75) is 51.7 Å². The van der Waals surface area contributed by atoms with Gasteiger partial charge in [0.1, 0.15) is 6.61 Å². The summed E-state index contributed by atoms with van der Waals surface area (Å²) in [5.41, 5.74) is 5.84. The summed E-state index contributed by atoms with van der Waals surface area (Å²) in [4.78, 5) is 0. The van der Waals surface area contributed by atoms with Crippen molar-refractivity contribution >= 4 is 0 Å². The Morgan fingerprint density at radius 3 is 2.31 bits per heavy atom. The molecule has 0 spiro atoms. The molecule has 5 heteroatoms. The second-order valence-corrected chi connectivity index (χ2v) is 4.55. The van der Waals surface area contributed by atoms with Gasteiger partial charge in [0, 0.05) is 12.6 Å². The molecule has 0 aliphatic rings. The molecule has 0 aromatic carbocycles. The van der Waals surface area contributed by atoms with Gasteiger partial charge in [0.15, 0.2) is 0 Å². The lowest BCUT2D eigenvalue weighted by atomic mass is 10.00. The Hall–Kier alpha value is -0.290. The Bertz CT molecular complexity index is 171. The van der Waals surface area contributed by atoms with E-state index in [1.807, 2.05) is 0 Å². The maximum absolute atomic E-state index is 11.7. The Labute approximate surface area is 95.3 Å². The van der Waals surface area contributed by atoms with Crippen molar-refractivity contribution in [3.05, 3.63) is 0 Å². The molecular formula is C11H22F3NO. The van der Waals surface area contributed by atoms with E-state index >= 15 is 0 Å². The molecule has 0 heterocycles. The van der Waals surface area contributed by atoms with Crippen LogP contribution in [0.4, 0.5) is 13.2 Å². The van der Waals surface area contributed by atoms with Crippen molar-refractivity contribution in [3.63, 3.8) is 0 Å². The van der Waals surface area contributed by atoms with Gasteiger partial charge >= 0.3 is 6.18 Å². The lowest BCUT2D eigenvalue weighted by Crippen LogP contribution is -2.22. The zero-order valence-corrected chi connectivity index (χ0v) is 10.0. The lowest BCUT2D eigenvalue weighted by molar-refractivity contribution is -0.174. The van der Waals surface area contributed by atoms with Gasteiger partial charge in [-0.25, -0.2) is 0 Å². The molecule has 0 radical (unpaired) electrons. The first-order chi connectivity index (χ1) is 7.31. The van der Waals surface area contributed by atoms with Gasteiger partial charge < -0.3 is 10.5 Å². The number of rotatable bonds is 8. The predicted octanol–water partition coefficient (Wildman–Crippen LogP) is 3.11. The lowest BCUT2D eigenvalue weighted by Gasteiger charge is -2.13. The number of alkyl halides is 3. The second-order valence-electron chi connectivity index (χ2n) is 4.55. The van der Waals surface area contributed by atoms with Crippen LogP contribution in [0.3, 0.4) is 0 Å². The quantitative estimate of drug-likeness (QED) is 0.663. The summed E-state index contributed by atoms with van der Waals surface area (Å²) >= 11 is 0. The van der Waals surface area contributed by atoms with Crippen LogP contribution in [0.5, 0.6) is 0 Å². The van der Waals surface area contributed by atoms with E-state index in [2.05, 4.69) is 18.6 Å². The Balaban J connectivity index is 3.27. The monoisotopic (exact) mass is 241 g/mol. The highest BCUT2D eigenvalue weighted by Crippen LogP contribution is 2.15. The molecular weight excluding hydrogens is 219 g/mol. The molecule has 0 aliphatic carbocycles. The Morgan fingerprint density at radius 2 is 1.81 bits per heavy atom. The second kappa shape index (κ2) is 7.90. The average molecular weight is 241 g/mol. The number of nitrogens with two attached hydrogens (primary N) is 1. The highest BCUT2D eigenvalue weighted by atomic mass is 19.4. The summed E-state index contributed by atoms with van der Waals surface area (Å²) in [6, 6.07) is 0.155. The molecule has 0 bridgehead atoms. The maximum atomic E-state index is 11.7. The molecule has 0 saturated heterocycles. The molecule has 0 saturated carbocycles. The molecule has 0 aromatic rings. The van der Waals surface area contributed by atoms with E-state index < -0.39 is 12.8 Å². The highest BCUT2D eigenvalue weighted by Gasteiger charge is 2.27. The first-order valence-corrected chi connectivity index (χ1v) is 5.71. The number of unbranched alkanes of at least 4 members (excludes halogenated alkanes) is 1. The minimum atomic E-state index is -4.21. The first kappa shape index (κ1) is 15.7. The highest BCUT2D eigenvalue weighted by molar-refractivity contribution is 4.63. The maximum Gasteiger partial charge on any atom is 0.411 e. The van der Waals surface area contributed by atoms with Gasteiger partial charge in [-0.15, -0.1) is 0 Å². The summed E-state index contributed by atoms with van der Waals surface area (Å²) < 4.78 is 39.6. The van der Waals surface area contributed by atoms with Crippen molar-refractivity contribution in [1.29, 1.82) is 0 Å². The molecule has 0 amide bonds. The summed E-state index contributed by atoms with van der Waals surface area (Å²) in [6.45, 7) is 3.22. The fourth-order valence-electron chi connectivity index (χ4n) is 1.52. The topological polar surface area (TPSA) is 35.2 Å². The van der Waals surface area contributed by atoms with E-state index in [9.17, 15) is 13.2 Å². The third-order valence-corrected chi connectivity index (χ3v) is 2.15. The number of ether oxygens (including phenoxy) is 1. The third-order valence-electron chi connectivity index (χ3n) is 2.15. The van der Waals surface area contributed by atoms with E-state index in [1.165, 1.54) is 0 Å². The van der Waals surface area contributed by atoms with E-state index in [1.54, 1.807) is 0 Å². The average Bonchev–Trinajstić information content (AvgIpc) is 2.07. The van der Waals surface area contributed by atoms with Crippen LogP contribution < -0.4 is 5.73 Å². The smallest absolute Gasteiger partial charge is 0.372 e. The number of halogens is 3.